The number of hydrogen-bond donors (Lipinski definition) is 3. The predicted molar refractivity (Wildman–Crippen MR) is 109 cm³/mol. The number of hydrazine groups is 1. The molecule has 5 nitrogen and oxygen atoms in total. The van der Waals surface area contributed by atoms with Crippen LogP contribution >= 0.6 is 35.2 Å². The number of nitrogens with one attached hydrogen (secondary N) is 3. The van der Waals surface area contributed by atoms with Crippen LogP contribution in [0.1, 0.15) is 25.6 Å². The minimum atomic E-state index is -0.428. The summed E-state index contributed by atoms with van der Waals surface area (Å²) in [4.78, 5) is 24.8. The molecule has 0 aliphatic rings. The molecule has 26 heavy (non-hydrogen) atoms. The number of carbonyl (C=O) groups is 2. The normalized spacial score (nSPS) is 10.4. The maximum Gasteiger partial charge on any atom is 0.281 e. The maximum atomic E-state index is 12.3. The van der Waals surface area contributed by atoms with Crippen molar-refractivity contribution >= 4 is 62.2 Å². The first-order valence-corrected chi connectivity index (χ1v) is 9.21. The van der Waals surface area contributed by atoms with Gasteiger partial charge < -0.3 is 0 Å². The molecule has 0 atom stereocenters. The van der Waals surface area contributed by atoms with Crippen molar-refractivity contribution in [3.8, 4) is 0 Å². The first kappa shape index (κ1) is 18.3. The Balaban J connectivity index is 1.60. The molecule has 0 fully saturated rings. The topological polar surface area (TPSA) is 70.2 Å². The van der Waals surface area contributed by atoms with Crippen molar-refractivity contribution < 1.29 is 9.59 Å². The summed E-state index contributed by atoms with van der Waals surface area (Å²) in [7, 11) is 0. The second-order valence-corrected chi connectivity index (χ2v) is 7.31. The fourth-order valence-electron chi connectivity index (χ4n) is 2.24. The first-order chi connectivity index (χ1) is 12.5. The van der Waals surface area contributed by atoms with Crippen LogP contribution in [0.25, 0.3) is 10.1 Å². The number of fused-ring (bicyclic) bond motifs is 1. The molecule has 0 saturated carbocycles. The highest BCUT2D eigenvalue weighted by Crippen LogP contribution is 2.34. The van der Waals surface area contributed by atoms with E-state index in [4.69, 9.17) is 23.8 Å². The van der Waals surface area contributed by atoms with Crippen molar-refractivity contribution in [1.29, 1.82) is 0 Å². The van der Waals surface area contributed by atoms with Gasteiger partial charge in [0.15, 0.2) is 5.11 Å². The first-order valence-electron chi connectivity index (χ1n) is 7.61. The van der Waals surface area contributed by atoms with Gasteiger partial charge in [-0.1, -0.05) is 47.5 Å². The van der Waals surface area contributed by atoms with E-state index in [2.05, 4.69) is 16.2 Å². The Kier molecular flexibility index (Phi) is 5.51. The summed E-state index contributed by atoms with van der Waals surface area (Å²) in [6.07, 6.45) is 0. The van der Waals surface area contributed by atoms with Gasteiger partial charge in [0.2, 0.25) is 0 Å². The quantitative estimate of drug-likeness (QED) is 0.449. The van der Waals surface area contributed by atoms with Gasteiger partial charge in [-0.05, 0) is 37.3 Å². The van der Waals surface area contributed by atoms with E-state index < -0.39 is 5.91 Å². The Morgan fingerprint density at radius 3 is 2.38 bits per heavy atom. The van der Waals surface area contributed by atoms with E-state index in [1.807, 2.05) is 43.3 Å². The third-order valence-electron chi connectivity index (χ3n) is 3.57. The molecule has 1 heterocycles. The van der Waals surface area contributed by atoms with E-state index in [1.54, 1.807) is 12.1 Å². The average Bonchev–Trinajstić information content (AvgIpc) is 2.97. The van der Waals surface area contributed by atoms with Gasteiger partial charge in [-0.3, -0.25) is 25.8 Å². The Morgan fingerprint density at radius 2 is 1.69 bits per heavy atom. The zero-order chi connectivity index (χ0) is 18.7. The predicted octanol–water partition coefficient (Wildman–Crippen LogP) is 3.81. The molecule has 0 bridgehead atoms. The minimum absolute atomic E-state index is 0.0128. The summed E-state index contributed by atoms with van der Waals surface area (Å²) < 4.78 is 0.915. The standard InChI is InChI=1S/C18H14ClN3O2S2/c1-10-6-8-11(9-7-10)16(23)20-18(25)22-21-17(24)15-14(19)12-4-2-3-5-13(12)26-15/h2-9H,1H3,(H,21,24)(H2,20,22,23,25). The molecule has 3 N–H and O–H groups in total. The van der Waals surface area contributed by atoms with Gasteiger partial charge in [-0.2, -0.15) is 0 Å². The molecular weight excluding hydrogens is 390 g/mol. The summed E-state index contributed by atoms with van der Waals surface area (Å²) in [5.74, 6) is -0.792. The second kappa shape index (κ2) is 7.82. The van der Waals surface area contributed by atoms with Crippen LogP contribution in [-0.4, -0.2) is 16.9 Å². The van der Waals surface area contributed by atoms with Gasteiger partial charge in [0, 0.05) is 15.6 Å². The number of hydrogen-bond acceptors (Lipinski definition) is 4. The molecule has 8 heteroatoms. The zero-order valence-electron chi connectivity index (χ0n) is 13.6. The lowest BCUT2D eigenvalue weighted by molar-refractivity contribution is 0.0938. The maximum absolute atomic E-state index is 12.3. The van der Waals surface area contributed by atoms with Crippen molar-refractivity contribution in [2.24, 2.45) is 0 Å². The molecule has 0 unspecified atom stereocenters. The molecule has 132 valence electrons. The number of aryl methyl sites for hydroxylation is 1. The molecule has 1 aromatic heterocycles. The molecule has 2 amide bonds. The van der Waals surface area contributed by atoms with Crippen molar-refractivity contribution in [3.63, 3.8) is 0 Å². The number of rotatable bonds is 2. The Hall–Kier alpha value is -2.48. The van der Waals surface area contributed by atoms with E-state index in [-0.39, 0.29) is 11.0 Å². The van der Waals surface area contributed by atoms with E-state index in [1.165, 1.54) is 11.3 Å². The van der Waals surface area contributed by atoms with E-state index in [9.17, 15) is 9.59 Å². The molecule has 0 spiro atoms. The molecule has 0 aliphatic heterocycles. The molecule has 0 aliphatic carbocycles. The van der Waals surface area contributed by atoms with Crippen LogP contribution in [0.3, 0.4) is 0 Å². The number of carbonyl (C=O) groups excluding carboxylic acids is 2. The highest BCUT2D eigenvalue weighted by Gasteiger charge is 2.17. The zero-order valence-corrected chi connectivity index (χ0v) is 16.0. The van der Waals surface area contributed by atoms with Crippen LogP contribution < -0.4 is 16.2 Å². The largest absolute Gasteiger partial charge is 0.298 e. The minimum Gasteiger partial charge on any atom is -0.298 e. The van der Waals surface area contributed by atoms with E-state index in [0.29, 0.717) is 15.5 Å². The van der Waals surface area contributed by atoms with E-state index in [0.717, 1.165) is 15.6 Å². The van der Waals surface area contributed by atoms with Gasteiger partial charge >= 0.3 is 0 Å². The average molecular weight is 404 g/mol. The molecule has 2 aromatic carbocycles. The van der Waals surface area contributed by atoms with Crippen LogP contribution in [0.4, 0.5) is 0 Å². The summed E-state index contributed by atoms with van der Waals surface area (Å²) >= 11 is 12.6. The second-order valence-electron chi connectivity index (χ2n) is 5.47. The van der Waals surface area contributed by atoms with Crippen LogP contribution in [0.2, 0.25) is 5.02 Å². The van der Waals surface area contributed by atoms with Gasteiger partial charge in [0.1, 0.15) is 4.88 Å². The summed E-state index contributed by atoms with van der Waals surface area (Å²) in [5.41, 5.74) is 6.48. The summed E-state index contributed by atoms with van der Waals surface area (Å²) in [6, 6.07) is 14.5. The van der Waals surface area contributed by atoms with Crippen LogP contribution in [0.15, 0.2) is 48.5 Å². The highest BCUT2D eigenvalue weighted by atomic mass is 35.5. The number of thiocarbonyl (C=S) groups is 1. The van der Waals surface area contributed by atoms with Crippen molar-refractivity contribution in [3.05, 3.63) is 69.6 Å². The summed E-state index contributed by atoms with van der Waals surface area (Å²) in [5, 5.41) is 3.70. The molecule has 3 aromatic rings. The Bertz CT molecular complexity index is 999. The van der Waals surface area contributed by atoms with Crippen molar-refractivity contribution in [2.75, 3.05) is 0 Å². The lowest BCUT2D eigenvalue weighted by atomic mass is 10.1. The SMILES string of the molecule is Cc1ccc(C(=O)NC(=S)NNC(=O)c2sc3ccccc3c2Cl)cc1. The lowest BCUT2D eigenvalue weighted by Crippen LogP contribution is -2.48. The monoisotopic (exact) mass is 403 g/mol. The summed E-state index contributed by atoms with van der Waals surface area (Å²) in [6.45, 7) is 1.93. The Labute approximate surface area is 164 Å². The third-order valence-corrected chi connectivity index (χ3v) is 5.45. The number of amides is 2. The Morgan fingerprint density at radius 1 is 1.00 bits per heavy atom. The van der Waals surface area contributed by atoms with Crippen LogP contribution in [0.5, 0.6) is 0 Å². The molecular formula is C18H14ClN3O2S2. The fraction of sp³-hybridized carbons (Fsp3) is 0.0556. The van der Waals surface area contributed by atoms with Gasteiger partial charge in [0.05, 0.1) is 5.02 Å². The van der Waals surface area contributed by atoms with Gasteiger partial charge in [0.25, 0.3) is 11.8 Å². The smallest absolute Gasteiger partial charge is 0.281 e. The highest BCUT2D eigenvalue weighted by molar-refractivity contribution is 7.80. The van der Waals surface area contributed by atoms with Gasteiger partial charge in [-0.15, -0.1) is 11.3 Å². The van der Waals surface area contributed by atoms with Crippen molar-refractivity contribution in [1.82, 2.24) is 16.2 Å². The number of benzene rings is 2. The number of thiophene rings is 1. The van der Waals surface area contributed by atoms with Crippen molar-refractivity contribution in [2.45, 2.75) is 6.92 Å². The fourth-order valence-corrected chi connectivity index (χ4v) is 3.80. The van der Waals surface area contributed by atoms with E-state index >= 15 is 0 Å². The number of halogens is 1. The van der Waals surface area contributed by atoms with Crippen LogP contribution in [-0.2, 0) is 0 Å². The molecule has 0 saturated heterocycles. The molecule has 3 rings (SSSR count). The molecule has 0 radical (unpaired) electrons. The lowest BCUT2D eigenvalue weighted by Gasteiger charge is -2.10. The third kappa shape index (κ3) is 4.01. The van der Waals surface area contributed by atoms with Gasteiger partial charge in [-0.25, -0.2) is 0 Å². The van der Waals surface area contributed by atoms with Crippen LogP contribution in [0, 0.1) is 6.92 Å².